The van der Waals surface area contributed by atoms with E-state index in [2.05, 4.69) is 0 Å². The standard InChI is InChI=1S/C19H10F7NO2/c20-13-3-1-10(2-4-13)15-5-6-16(29-15)17(28)27-14-8-11(18(21,22)23)7-12(9-14)19(24,25)26/h1-9H,(H,27,28). The molecule has 1 amide bonds. The fourth-order valence-corrected chi connectivity index (χ4v) is 2.45. The van der Waals surface area contributed by atoms with E-state index in [0.29, 0.717) is 17.7 Å². The van der Waals surface area contributed by atoms with Crippen molar-refractivity contribution >= 4 is 11.6 Å². The fraction of sp³-hybridized carbons (Fsp3) is 0.105. The number of rotatable bonds is 3. The predicted octanol–water partition coefficient (Wildman–Crippen LogP) is 6.38. The zero-order chi connectivity index (χ0) is 21.4. The molecule has 1 aromatic heterocycles. The Hall–Kier alpha value is -3.30. The number of amides is 1. The summed E-state index contributed by atoms with van der Waals surface area (Å²) in [5.74, 6) is -1.74. The summed E-state index contributed by atoms with van der Waals surface area (Å²) in [5, 5.41) is 1.96. The van der Waals surface area contributed by atoms with Gasteiger partial charge in [-0.15, -0.1) is 0 Å². The number of hydrogen-bond donors (Lipinski definition) is 1. The molecular weight excluding hydrogens is 407 g/mol. The lowest BCUT2D eigenvalue weighted by molar-refractivity contribution is -0.143. The minimum atomic E-state index is -5.04. The summed E-state index contributed by atoms with van der Waals surface area (Å²) < 4.78 is 95.6. The first kappa shape index (κ1) is 20.4. The molecule has 0 saturated carbocycles. The minimum Gasteiger partial charge on any atom is -0.451 e. The molecular formula is C19H10F7NO2. The summed E-state index contributed by atoms with van der Waals surface area (Å²) in [6, 6.07) is 8.32. The number of anilines is 1. The van der Waals surface area contributed by atoms with E-state index in [9.17, 15) is 35.5 Å². The molecule has 0 saturated heterocycles. The Morgan fingerprint density at radius 2 is 1.34 bits per heavy atom. The van der Waals surface area contributed by atoms with Gasteiger partial charge >= 0.3 is 12.4 Å². The van der Waals surface area contributed by atoms with Crippen molar-refractivity contribution in [2.24, 2.45) is 0 Å². The van der Waals surface area contributed by atoms with Crippen molar-refractivity contribution in [3.8, 4) is 11.3 Å². The zero-order valence-corrected chi connectivity index (χ0v) is 14.2. The van der Waals surface area contributed by atoms with Gasteiger partial charge in [-0.3, -0.25) is 4.79 Å². The molecule has 3 rings (SSSR count). The number of hydrogen-bond acceptors (Lipinski definition) is 2. The van der Waals surface area contributed by atoms with Crippen LogP contribution in [0.3, 0.4) is 0 Å². The molecule has 29 heavy (non-hydrogen) atoms. The molecule has 1 heterocycles. The van der Waals surface area contributed by atoms with Gasteiger partial charge in [0.2, 0.25) is 0 Å². The Balaban J connectivity index is 1.88. The van der Waals surface area contributed by atoms with E-state index >= 15 is 0 Å². The zero-order valence-electron chi connectivity index (χ0n) is 14.2. The Morgan fingerprint density at radius 1 is 0.793 bits per heavy atom. The monoisotopic (exact) mass is 417 g/mol. The maximum Gasteiger partial charge on any atom is 0.416 e. The highest BCUT2D eigenvalue weighted by Crippen LogP contribution is 2.37. The third-order valence-corrected chi connectivity index (χ3v) is 3.80. The molecule has 0 aliphatic heterocycles. The number of halogens is 7. The van der Waals surface area contributed by atoms with Crippen LogP contribution in [0.5, 0.6) is 0 Å². The largest absolute Gasteiger partial charge is 0.451 e. The highest BCUT2D eigenvalue weighted by molar-refractivity contribution is 6.02. The van der Waals surface area contributed by atoms with E-state index in [-0.39, 0.29) is 17.6 Å². The van der Waals surface area contributed by atoms with Crippen molar-refractivity contribution in [2.45, 2.75) is 12.4 Å². The number of furan rings is 1. The molecule has 0 bridgehead atoms. The topological polar surface area (TPSA) is 42.2 Å². The molecule has 0 spiro atoms. The minimum absolute atomic E-state index is 0.0464. The highest BCUT2D eigenvalue weighted by Gasteiger charge is 2.37. The van der Waals surface area contributed by atoms with Crippen LogP contribution in [0.15, 0.2) is 59.0 Å². The van der Waals surface area contributed by atoms with Crippen LogP contribution in [0, 0.1) is 5.82 Å². The summed E-state index contributed by atoms with van der Waals surface area (Å²) in [5.41, 5.74) is -3.40. The summed E-state index contributed by atoms with van der Waals surface area (Å²) in [7, 11) is 0. The molecule has 0 radical (unpaired) electrons. The van der Waals surface area contributed by atoms with Crippen LogP contribution in [-0.2, 0) is 12.4 Å². The normalized spacial score (nSPS) is 12.1. The van der Waals surface area contributed by atoms with Crippen LogP contribution in [0.1, 0.15) is 21.7 Å². The Bertz CT molecular complexity index is 1000. The average molecular weight is 417 g/mol. The van der Waals surface area contributed by atoms with E-state index in [4.69, 9.17) is 4.42 Å². The molecule has 0 fully saturated rings. The lowest BCUT2D eigenvalue weighted by Crippen LogP contribution is -2.15. The quantitative estimate of drug-likeness (QED) is 0.503. The van der Waals surface area contributed by atoms with Crippen molar-refractivity contribution in [2.75, 3.05) is 5.32 Å². The summed E-state index contributed by atoms with van der Waals surface area (Å²) in [6.45, 7) is 0. The van der Waals surface area contributed by atoms with Crippen LogP contribution >= 0.6 is 0 Å². The van der Waals surface area contributed by atoms with E-state index in [1.165, 1.54) is 24.3 Å². The molecule has 0 aliphatic carbocycles. The Morgan fingerprint density at radius 3 is 1.86 bits per heavy atom. The number of carbonyl (C=O) groups excluding carboxylic acids is 1. The van der Waals surface area contributed by atoms with Gasteiger partial charge in [0.25, 0.3) is 5.91 Å². The predicted molar refractivity (Wildman–Crippen MR) is 88.5 cm³/mol. The first-order chi connectivity index (χ1) is 13.4. The van der Waals surface area contributed by atoms with Crippen molar-refractivity contribution in [1.82, 2.24) is 0 Å². The average Bonchev–Trinajstić information content (AvgIpc) is 3.11. The van der Waals surface area contributed by atoms with Crippen molar-refractivity contribution < 1.29 is 39.9 Å². The van der Waals surface area contributed by atoms with E-state index < -0.39 is 40.9 Å². The van der Waals surface area contributed by atoms with Gasteiger partial charge in [-0.25, -0.2) is 4.39 Å². The molecule has 2 aromatic carbocycles. The van der Waals surface area contributed by atoms with E-state index in [1.54, 1.807) is 0 Å². The second-order valence-electron chi connectivity index (χ2n) is 5.92. The summed E-state index contributed by atoms with van der Waals surface area (Å²) in [6.07, 6.45) is -10.1. The Kier molecular flexibility index (Phi) is 5.12. The van der Waals surface area contributed by atoms with Gasteiger partial charge in [-0.1, -0.05) is 0 Å². The molecule has 3 nitrogen and oxygen atoms in total. The summed E-state index contributed by atoms with van der Waals surface area (Å²) >= 11 is 0. The first-order valence-corrected chi connectivity index (χ1v) is 7.90. The third-order valence-electron chi connectivity index (χ3n) is 3.80. The second kappa shape index (κ2) is 7.26. The molecule has 0 atom stereocenters. The molecule has 152 valence electrons. The SMILES string of the molecule is O=C(Nc1cc(C(F)(F)F)cc(C(F)(F)F)c1)c1ccc(-c2ccc(F)cc2)o1. The number of alkyl halides is 6. The van der Waals surface area contributed by atoms with Crippen LogP contribution in [-0.4, -0.2) is 5.91 Å². The van der Waals surface area contributed by atoms with Crippen LogP contribution in [0.4, 0.5) is 36.4 Å². The molecule has 3 aromatic rings. The lowest BCUT2D eigenvalue weighted by atomic mass is 10.1. The van der Waals surface area contributed by atoms with Crippen molar-refractivity contribution in [3.63, 3.8) is 0 Å². The molecule has 0 aliphatic rings. The highest BCUT2D eigenvalue weighted by atomic mass is 19.4. The van der Waals surface area contributed by atoms with Crippen molar-refractivity contribution in [1.29, 1.82) is 0 Å². The van der Waals surface area contributed by atoms with Gasteiger partial charge in [0.05, 0.1) is 11.1 Å². The molecule has 0 unspecified atom stereocenters. The Labute approximate surface area is 158 Å². The summed E-state index contributed by atoms with van der Waals surface area (Å²) in [4.78, 5) is 12.2. The third kappa shape index (κ3) is 4.76. The van der Waals surface area contributed by atoms with Crippen LogP contribution in [0.2, 0.25) is 0 Å². The van der Waals surface area contributed by atoms with Gasteiger partial charge in [-0.2, -0.15) is 26.3 Å². The fourth-order valence-electron chi connectivity index (χ4n) is 2.45. The van der Waals surface area contributed by atoms with E-state index in [0.717, 1.165) is 12.1 Å². The van der Waals surface area contributed by atoms with Gasteiger partial charge < -0.3 is 9.73 Å². The molecule has 10 heteroatoms. The lowest BCUT2D eigenvalue weighted by Gasteiger charge is -2.14. The van der Waals surface area contributed by atoms with Crippen molar-refractivity contribution in [3.05, 3.63) is 77.3 Å². The maximum absolute atomic E-state index is 13.0. The van der Waals surface area contributed by atoms with Crippen LogP contribution in [0.25, 0.3) is 11.3 Å². The first-order valence-electron chi connectivity index (χ1n) is 7.90. The van der Waals surface area contributed by atoms with Gasteiger partial charge in [-0.05, 0) is 54.6 Å². The maximum atomic E-state index is 13.0. The number of nitrogens with one attached hydrogen (secondary N) is 1. The van der Waals surface area contributed by atoms with Gasteiger partial charge in [0.15, 0.2) is 5.76 Å². The molecule has 1 N–H and O–H groups in total. The second-order valence-corrected chi connectivity index (χ2v) is 5.92. The van der Waals surface area contributed by atoms with Crippen LogP contribution < -0.4 is 5.32 Å². The van der Waals surface area contributed by atoms with Gasteiger partial charge in [0, 0.05) is 11.3 Å². The van der Waals surface area contributed by atoms with E-state index in [1.807, 2.05) is 5.32 Å². The van der Waals surface area contributed by atoms with Gasteiger partial charge in [0.1, 0.15) is 11.6 Å². The smallest absolute Gasteiger partial charge is 0.416 e. The number of carbonyl (C=O) groups is 1. The number of benzene rings is 2.